The van der Waals surface area contributed by atoms with Crippen LogP contribution in [0, 0.1) is 6.92 Å². The van der Waals surface area contributed by atoms with E-state index in [4.69, 9.17) is 4.74 Å². The van der Waals surface area contributed by atoms with E-state index < -0.39 is 11.0 Å². The lowest BCUT2D eigenvalue weighted by Gasteiger charge is -2.47. The molecule has 1 heteroatoms. The van der Waals surface area contributed by atoms with Gasteiger partial charge in [-0.3, -0.25) is 0 Å². The van der Waals surface area contributed by atoms with Gasteiger partial charge in [-0.2, -0.15) is 0 Å². The summed E-state index contributed by atoms with van der Waals surface area (Å²) < 4.78 is 7.27. The molecule has 0 aromatic heterocycles. The molecule has 1 atom stereocenters. The highest BCUT2D eigenvalue weighted by Crippen LogP contribution is 2.63. The molecule has 35 heavy (non-hydrogen) atoms. The molecule has 6 rings (SSSR count). The molecular formula is C34H32O. The molecule has 174 valence electrons. The van der Waals surface area contributed by atoms with Gasteiger partial charge in [-0.15, -0.1) is 0 Å². The number of hydrogen-bond acceptors (Lipinski definition) is 1. The monoisotopic (exact) mass is 456 g/mol. The average molecular weight is 457 g/mol. The first-order chi connectivity index (χ1) is 17.1. The molecule has 2 aliphatic rings. The van der Waals surface area contributed by atoms with Crippen LogP contribution in [-0.4, -0.2) is 5.60 Å². The number of rotatable bonds is 5. The molecule has 0 saturated heterocycles. The fourth-order valence-corrected chi connectivity index (χ4v) is 6.52. The summed E-state index contributed by atoms with van der Waals surface area (Å²) in [4.78, 5) is 0. The predicted octanol–water partition coefficient (Wildman–Crippen LogP) is 8.38. The van der Waals surface area contributed by atoms with Gasteiger partial charge in [0.25, 0.3) is 0 Å². The zero-order valence-electron chi connectivity index (χ0n) is 20.8. The maximum Gasteiger partial charge on any atom is 0.150 e. The fourth-order valence-electron chi connectivity index (χ4n) is 6.52. The van der Waals surface area contributed by atoms with Crippen LogP contribution in [0.5, 0.6) is 5.75 Å². The molecule has 1 heterocycles. The van der Waals surface area contributed by atoms with Gasteiger partial charge in [-0.05, 0) is 72.2 Å². The van der Waals surface area contributed by atoms with E-state index in [9.17, 15) is 0 Å². The first-order valence-corrected chi connectivity index (χ1v) is 12.8. The minimum absolute atomic E-state index is 0.469. The van der Waals surface area contributed by atoms with Crippen molar-refractivity contribution in [3.05, 3.63) is 136 Å². The molecule has 0 saturated carbocycles. The van der Waals surface area contributed by atoms with Crippen LogP contribution in [0.25, 0.3) is 11.6 Å². The Morgan fingerprint density at radius 3 is 2.06 bits per heavy atom. The van der Waals surface area contributed by atoms with E-state index in [1.165, 1.54) is 57.4 Å². The number of hydrogen-bond donors (Lipinski definition) is 0. The van der Waals surface area contributed by atoms with E-state index in [0.29, 0.717) is 0 Å². The van der Waals surface area contributed by atoms with Gasteiger partial charge in [-0.1, -0.05) is 104 Å². The molecule has 1 aliphatic heterocycles. The Morgan fingerprint density at radius 2 is 1.40 bits per heavy atom. The summed E-state index contributed by atoms with van der Waals surface area (Å²) in [5, 5.41) is 0. The second-order valence-corrected chi connectivity index (χ2v) is 10.2. The second-order valence-electron chi connectivity index (χ2n) is 10.2. The molecule has 0 N–H and O–H groups in total. The third kappa shape index (κ3) is 3.07. The van der Waals surface area contributed by atoms with Crippen molar-refractivity contribution in [3.8, 4) is 5.75 Å². The molecule has 0 unspecified atom stereocenters. The lowest BCUT2D eigenvalue weighted by molar-refractivity contribution is 0.101. The van der Waals surface area contributed by atoms with E-state index in [1.807, 2.05) is 0 Å². The Morgan fingerprint density at radius 1 is 0.771 bits per heavy atom. The maximum atomic E-state index is 7.27. The highest BCUT2D eigenvalue weighted by Gasteiger charge is 2.62. The quantitative estimate of drug-likeness (QED) is 0.293. The Labute approximate surface area is 209 Å². The van der Waals surface area contributed by atoms with Crippen LogP contribution in [0.4, 0.5) is 0 Å². The molecular weight excluding hydrogens is 424 g/mol. The Balaban J connectivity index is 1.67. The number of benzene rings is 4. The van der Waals surface area contributed by atoms with Crippen LogP contribution >= 0.6 is 0 Å². The number of ether oxygens (including phenoxy) is 1. The fraction of sp³-hybridized carbons (Fsp3) is 0.235. The number of unbranched alkanes of at least 4 members (excludes halogenated alkanes) is 1. The standard InChI is InChI=1S/C34H32O/c1-4-5-14-25-21-24(2)32-26(22-25)23-31-29-19-12-13-20-30(29)34(33(31,3)35-32,27-15-8-6-9-16-27)28-17-10-7-11-18-28/h6-13,15-23H,4-5,14H2,1-3H3/t33-/m0/s1. The Bertz CT molecular complexity index is 1370. The molecule has 0 amide bonds. The summed E-state index contributed by atoms with van der Waals surface area (Å²) in [5.41, 5.74) is 9.12. The molecule has 4 aromatic carbocycles. The van der Waals surface area contributed by atoms with E-state index in [-0.39, 0.29) is 0 Å². The molecule has 1 aliphatic carbocycles. The largest absolute Gasteiger partial charge is 0.480 e. The molecule has 0 fully saturated rings. The van der Waals surface area contributed by atoms with Crippen LogP contribution in [0.2, 0.25) is 0 Å². The third-order valence-corrected chi connectivity index (χ3v) is 8.05. The van der Waals surface area contributed by atoms with E-state index in [0.717, 1.165) is 12.2 Å². The lowest BCUT2D eigenvalue weighted by Crippen LogP contribution is -2.53. The van der Waals surface area contributed by atoms with Crippen LogP contribution in [0.3, 0.4) is 0 Å². The van der Waals surface area contributed by atoms with Gasteiger partial charge in [0, 0.05) is 11.1 Å². The highest BCUT2D eigenvalue weighted by atomic mass is 16.5. The first-order valence-electron chi connectivity index (χ1n) is 12.8. The number of fused-ring (bicyclic) bond motifs is 4. The SMILES string of the molecule is CCCCc1cc(C)c2c(c1)C=C1c3ccccc3C(c3ccccc3)(c3ccccc3)[C@@]1(C)O2. The summed E-state index contributed by atoms with van der Waals surface area (Å²) in [6, 6.07) is 35.4. The normalized spacial score (nSPS) is 19.2. The van der Waals surface area contributed by atoms with Crippen LogP contribution in [-0.2, 0) is 11.8 Å². The van der Waals surface area contributed by atoms with Gasteiger partial charge in [0.05, 0.1) is 5.41 Å². The zero-order valence-corrected chi connectivity index (χ0v) is 20.8. The van der Waals surface area contributed by atoms with Crippen molar-refractivity contribution >= 4 is 11.6 Å². The van der Waals surface area contributed by atoms with Gasteiger partial charge in [-0.25, -0.2) is 0 Å². The Kier molecular flexibility index (Phi) is 5.18. The molecule has 4 aromatic rings. The van der Waals surface area contributed by atoms with E-state index in [1.54, 1.807) is 0 Å². The van der Waals surface area contributed by atoms with Crippen molar-refractivity contribution in [1.82, 2.24) is 0 Å². The predicted molar refractivity (Wildman–Crippen MR) is 146 cm³/mol. The molecule has 0 radical (unpaired) electrons. The average Bonchev–Trinajstić information content (AvgIpc) is 3.12. The maximum absolute atomic E-state index is 7.27. The van der Waals surface area contributed by atoms with Gasteiger partial charge in [0.15, 0.2) is 0 Å². The second kappa shape index (κ2) is 8.27. The molecule has 0 spiro atoms. The molecule has 1 nitrogen and oxygen atoms in total. The van der Waals surface area contributed by atoms with Crippen molar-refractivity contribution in [2.45, 2.75) is 51.0 Å². The first kappa shape index (κ1) is 21.9. The van der Waals surface area contributed by atoms with Crippen LogP contribution < -0.4 is 4.74 Å². The molecule has 0 bridgehead atoms. The van der Waals surface area contributed by atoms with Crippen molar-refractivity contribution < 1.29 is 4.74 Å². The van der Waals surface area contributed by atoms with E-state index >= 15 is 0 Å². The zero-order chi connectivity index (χ0) is 24.0. The van der Waals surface area contributed by atoms with Crippen LogP contribution in [0.15, 0.2) is 97.1 Å². The van der Waals surface area contributed by atoms with Gasteiger partial charge in [0.1, 0.15) is 11.4 Å². The van der Waals surface area contributed by atoms with E-state index in [2.05, 4.69) is 124 Å². The van der Waals surface area contributed by atoms with Gasteiger partial charge in [0.2, 0.25) is 0 Å². The number of aryl methyl sites for hydroxylation is 2. The lowest BCUT2D eigenvalue weighted by atomic mass is 9.62. The van der Waals surface area contributed by atoms with Crippen LogP contribution in [0.1, 0.15) is 65.6 Å². The third-order valence-electron chi connectivity index (χ3n) is 8.05. The summed E-state index contributed by atoms with van der Waals surface area (Å²) >= 11 is 0. The summed E-state index contributed by atoms with van der Waals surface area (Å²) in [6.45, 7) is 6.75. The minimum atomic E-state index is -0.595. The van der Waals surface area contributed by atoms with Crippen molar-refractivity contribution in [2.24, 2.45) is 0 Å². The highest BCUT2D eigenvalue weighted by molar-refractivity contribution is 5.98. The van der Waals surface area contributed by atoms with Gasteiger partial charge >= 0.3 is 0 Å². The van der Waals surface area contributed by atoms with Gasteiger partial charge < -0.3 is 4.74 Å². The topological polar surface area (TPSA) is 9.23 Å². The van der Waals surface area contributed by atoms with Crippen molar-refractivity contribution in [1.29, 1.82) is 0 Å². The summed E-state index contributed by atoms with van der Waals surface area (Å²) in [5.74, 6) is 1.01. The Hall–Kier alpha value is -3.58. The van der Waals surface area contributed by atoms with Crippen molar-refractivity contribution in [3.63, 3.8) is 0 Å². The van der Waals surface area contributed by atoms with Crippen molar-refractivity contribution in [2.75, 3.05) is 0 Å². The smallest absolute Gasteiger partial charge is 0.150 e. The summed E-state index contributed by atoms with van der Waals surface area (Å²) in [6.07, 6.45) is 5.94. The minimum Gasteiger partial charge on any atom is -0.480 e. The summed E-state index contributed by atoms with van der Waals surface area (Å²) in [7, 11) is 0.